The van der Waals surface area contributed by atoms with Gasteiger partial charge in [-0.1, -0.05) is 0 Å². The third-order valence-electron chi connectivity index (χ3n) is 3.60. The SMILES string of the molecule is CCNc1nc(C2(OCC)CCCC2)nc(C)c1Br. The third-order valence-corrected chi connectivity index (χ3v) is 4.55. The molecule has 0 saturated heterocycles. The van der Waals surface area contributed by atoms with Gasteiger partial charge in [0.25, 0.3) is 0 Å². The number of hydrogen-bond acceptors (Lipinski definition) is 4. The molecule has 1 aliphatic rings. The van der Waals surface area contributed by atoms with Gasteiger partial charge in [-0.3, -0.25) is 0 Å². The maximum absolute atomic E-state index is 6.04. The highest BCUT2D eigenvalue weighted by molar-refractivity contribution is 9.10. The number of halogens is 1. The van der Waals surface area contributed by atoms with Crippen molar-refractivity contribution in [3.05, 3.63) is 16.0 Å². The molecule has 1 heterocycles. The molecule has 0 bridgehead atoms. The van der Waals surface area contributed by atoms with E-state index in [9.17, 15) is 0 Å². The van der Waals surface area contributed by atoms with E-state index in [0.717, 1.165) is 41.2 Å². The highest BCUT2D eigenvalue weighted by atomic mass is 79.9. The molecule has 0 radical (unpaired) electrons. The number of anilines is 1. The van der Waals surface area contributed by atoms with Crippen molar-refractivity contribution in [3.63, 3.8) is 0 Å². The molecule has 0 spiro atoms. The number of rotatable bonds is 5. The van der Waals surface area contributed by atoms with E-state index < -0.39 is 0 Å². The summed E-state index contributed by atoms with van der Waals surface area (Å²) in [4.78, 5) is 9.37. The van der Waals surface area contributed by atoms with Gasteiger partial charge in [0.05, 0.1) is 10.2 Å². The van der Waals surface area contributed by atoms with Gasteiger partial charge in [0, 0.05) is 13.2 Å². The fourth-order valence-corrected chi connectivity index (χ4v) is 3.02. The zero-order valence-electron chi connectivity index (χ0n) is 11.9. The molecular weight excluding hydrogens is 306 g/mol. The summed E-state index contributed by atoms with van der Waals surface area (Å²) in [7, 11) is 0. The van der Waals surface area contributed by atoms with Crippen LogP contribution in [-0.2, 0) is 10.3 Å². The van der Waals surface area contributed by atoms with E-state index in [-0.39, 0.29) is 5.60 Å². The van der Waals surface area contributed by atoms with Gasteiger partial charge in [0.15, 0.2) is 5.82 Å². The normalized spacial score (nSPS) is 17.7. The Bertz CT molecular complexity index is 445. The van der Waals surface area contributed by atoms with Crippen molar-refractivity contribution in [1.82, 2.24) is 9.97 Å². The summed E-state index contributed by atoms with van der Waals surface area (Å²) in [6, 6.07) is 0. The molecule has 5 heteroatoms. The molecule has 1 fully saturated rings. The molecule has 19 heavy (non-hydrogen) atoms. The lowest BCUT2D eigenvalue weighted by Crippen LogP contribution is -2.29. The highest BCUT2D eigenvalue weighted by Crippen LogP contribution is 2.41. The fourth-order valence-electron chi connectivity index (χ4n) is 2.70. The van der Waals surface area contributed by atoms with Gasteiger partial charge in [-0.05, 0) is 62.4 Å². The van der Waals surface area contributed by atoms with Crippen LogP contribution in [0.15, 0.2) is 4.47 Å². The van der Waals surface area contributed by atoms with E-state index in [1.807, 2.05) is 13.8 Å². The van der Waals surface area contributed by atoms with Gasteiger partial charge < -0.3 is 10.1 Å². The number of aromatic nitrogens is 2. The Morgan fingerprint density at radius 3 is 2.53 bits per heavy atom. The number of nitrogens with one attached hydrogen (secondary N) is 1. The Morgan fingerprint density at radius 2 is 1.95 bits per heavy atom. The second-order valence-corrected chi connectivity index (χ2v) is 5.75. The standard InChI is InChI=1S/C14H22BrN3O/c1-4-16-12-11(15)10(3)17-13(18-12)14(19-5-2)8-6-7-9-14/h4-9H2,1-3H3,(H,16,17,18). The van der Waals surface area contributed by atoms with Gasteiger partial charge in [-0.25, -0.2) is 9.97 Å². The smallest absolute Gasteiger partial charge is 0.162 e. The fraction of sp³-hybridized carbons (Fsp3) is 0.714. The van der Waals surface area contributed by atoms with Crippen LogP contribution >= 0.6 is 15.9 Å². The lowest BCUT2D eigenvalue weighted by molar-refractivity contribution is -0.0457. The maximum Gasteiger partial charge on any atom is 0.162 e. The van der Waals surface area contributed by atoms with Crippen LogP contribution in [0, 0.1) is 6.92 Å². The number of aryl methyl sites for hydroxylation is 1. The highest BCUT2D eigenvalue weighted by Gasteiger charge is 2.39. The first-order valence-electron chi connectivity index (χ1n) is 7.05. The molecule has 1 aromatic rings. The Balaban J connectivity index is 2.42. The molecule has 0 aromatic carbocycles. The van der Waals surface area contributed by atoms with Crippen molar-refractivity contribution in [3.8, 4) is 0 Å². The van der Waals surface area contributed by atoms with Gasteiger partial charge in [-0.2, -0.15) is 0 Å². The molecule has 1 saturated carbocycles. The monoisotopic (exact) mass is 327 g/mol. The summed E-state index contributed by atoms with van der Waals surface area (Å²) in [6.45, 7) is 7.66. The first kappa shape index (κ1) is 14.7. The van der Waals surface area contributed by atoms with E-state index in [4.69, 9.17) is 9.72 Å². The first-order valence-corrected chi connectivity index (χ1v) is 7.84. The quantitative estimate of drug-likeness (QED) is 0.893. The second-order valence-electron chi connectivity index (χ2n) is 4.96. The number of ether oxygens (including phenoxy) is 1. The molecule has 4 nitrogen and oxygen atoms in total. The second kappa shape index (κ2) is 6.18. The van der Waals surface area contributed by atoms with Crippen molar-refractivity contribution >= 4 is 21.7 Å². The van der Waals surface area contributed by atoms with Gasteiger partial charge in [0.1, 0.15) is 11.4 Å². The average molecular weight is 328 g/mol. The van der Waals surface area contributed by atoms with Crippen LogP contribution in [0.25, 0.3) is 0 Å². The lowest BCUT2D eigenvalue weighted by atomic mass is 10.0. The summed E-state index contributed by atoms with van der Waals surface area (Å²) in [6.07, 6.45) is 4.42. The zero-order chi connectivity index (χ0) is 13.9. The van der Waals surface area contributed by atoms with Gasteiger partial charge in [-0.15, -0.1) is 0 Å². The van der Waals surface area contributed by atoms with Crippen LogP contribution in [0.5, 0.6) is 0 Å². The van der Waals surface area contributed by atoms with E-state index in [1.165, 1.54) is 12.8 Å². The van der Waals surface area contributed by atoms with E-state index >= 15 is 0 Å². The molecular formula is C14H22BrN3O. The molecule has 1 aromatic heterocycles. The van der Waals surface area contributed by atoms with E-state index in [2.05, 4.69) is 33.2 Å². The average Bonchev–Trinajstić information content (AvgIpc) is 2.85. The van der Waals surface area contributed by atoms with Gasteiger partial charge in [0.2, 0.25) is 0 Å². The van der Waals surface area contributed by atoms with Crippen molar-refractivity contribution < 1.29 is 4.74 Å². The van der Waals surface area contributed by atoms with Crippen LogP contribution in [0.3, 0.4) is 0 Å². The Labute approximate surface area is 123 Å². The van der Waals surface area contributed by atoms with Crippen molar-refractivity contribution in [2.45, 2.75) is 52.1 Å². The predicted octanol–water partition coefficient (Wildman–Crippen LogP) is 3.79. The van der Waals surface area contributed by atoms with Crippen LogP contribution < -0.4 is 5.32 Å². The van der Waals surface area contributed by atoms with Crippen LogP contribution in [0.1, 0.15) is 51.0 Å². The largest absolute Gasteiger partial charge is 0.369 e. The third kappa shape index (κ3) is 2.92. The number of nitrogens with zero attached hydrogens (tertiary/aromatic N) is 2. The van der Waals surface area contributed by atoms with E-state index in [0.29, 0.717) is 6.61 Å². The molecule has 1 N–H and O–H groups in total. The minimum absolute atomic E-state index is 0.273. The van der Waals surface area contributed by atoms with Crippen molar-refractivity contribution in [2.75, 3.05) is 18.5 Å². The molecule has 2 rings (SSSR count). The van der Waals surface area contributed by atoms with Gasteiger partial charge >= 0.3 is 0 Å². The molecule has 1 aliphatic carbocycles. The number of hydrogen-bond donors (Lipinski definition) is 1. The van der Waals surface area contributed by atoms with Crippen LogP contribution in [0.2, 0.25) is 0 Å². The van der Waals surface area contributed by atoms with Crippen molar-refractivity contribution in [1.29, 1.82) is 0 Å². The summed E-state index contributed by atoms with van der Waals surface area (Å²) in [5, 5.41) is 3.29. The molecule has 0 amide bonds. The molecule has 0 atom stereocenters. The topological polar surface area (TPSA) is 47.0 Å². The molecule has 0 aliphatic heterocycles. The Kier molecular flexibility index (Phi) is 4.79. The maximum atomic E-state index is 6.04. The van der Waals surface area contributed by atoms with Crippen LogP contribution in [-0.4, -0.2) is 23.1 Å². The minimum Gasteiger partial charge on any atom is -0.369 e. The molecule has 0 unspecified atom stereocenters. The van der Waals surface area contributed by atoms with E-state index in [1.54, 1.807) is 0 Å². The summed E-state index contributed by atoms with van der Waals surface area (Å²) >= 11 is 3.55. The first-order chi connectivity index (χ1) is 9.13. The predicted molar refractivity (Wildman–Crippen MR) is 80.4 cm³/mol. The van der Waals surface area contributed by atoms with Crippen molar-refractivity contribution in [2.24, 2.45) is 0 Å². The summed E-state index contributed by atoms with van der Waals surface area (Å²) < 4.78 is 6.98. The Morgan fingerprint density at radius 1 is 1.26 bits per heavy atom. The Hall–Kier alpha value is -0.680. The summed E-state index contributed by atoms with van der Waals surface area (Å²) in [5.41, 5.74) is 0.691. The lowest BCUT2D eigenvalue weighted by Gasteiger charge is -2.28. The molecule has 106 valence electrons. The zero-order valence-corrected chi connectivity index (χ0v) is 13.5. The summed E-state index contributed by atoms with van der Waals surface area (Å²) in [5.74, 6) is 1.71. The van der Waals surface area contributed by atoms with Crippen LogP contribution in [0.4, 0.5) is 5.82 Å². The minimum atomic E-state index is -0.273.